The summed E-state index contributed by atoms with van der Waals surface area (Å²) in [5.41, 5.74) is -0.792. The number of carbonyl (C=O) groups excluding carboxylic acids is 1. The summed E-state index contributed by atoms with van der Waals surface area (Å²) >= 11 is 0. The molecular weight excluding hydrogens is 391 g/mol. The highest BCUT2D eigenvalue weighted by atomic mass is 32.2. The first-order valence-electron chi connectivity index (χ1n) is 7.88. The zero-order valence-corrected chi connectivity index (χ0v) is 15.0. The number of carbonyl (C=O) groups is 1. The van der Waals surface area contributed by atoms with Crippen molar-refractivity contribution in [3.05, 3.63) is 88.1 Å². The lowest BCUT2D eigenvalue weighted by Crippen LogP contribution is -2.12. The molecule has 0 unspecified atom stereocenters. The molecule has 0 aliphatic rings. The molecule has 1 N–H and O–H groups in total. The van der Waals surface area contributed by atoms with Crippen LogP contribution in [0.3, 0.4) is 0 Å². The topological polar surface area (TPSA) is 120 Å². The predicted molar refractivity (Wildman–Crippen MR) is 97.0 cm³/mol. The Kier molecular flexibility index (Phi) is 5.23. The summed E-state index contributed by atoms with van der Waals surface area (Å²) in [5, 5.41) is 12.9. The number of benzene rings is 2. The number of hydrogen-bond donors (Lipinski definition) is 1. The summed E-state index contributed by atoms with van der Waals surface area (Å²) in [6, 6.07) is 13.0. The van der Waals surface area contributed by atoms with Gasteiger partial charge in [0.25, 0.3) is 11.6 Å². The fourth-order valence-electron chi connectivity index (χ4n) is 2.38. The van der Waals surface area contributed by atoms with E-state index < -0.39 is 43.6 Å². The molecule has 1 heterocycles. The van der Waals surface area contributed by atoms with Crippen LogP contribution in [0.5, 0.6) is 0 Å². The molecule has 0 saturated heterocycles. The SMILES string of the molecule is O=C(Nc1cc([N+](=O)[O-])ccc1F)c1ccc(CS(=O)(=O)c2ccccc2)o1. The van der Waals surface area contributed by atoms with Crippen LogP contribution < -0.4 is 5.32 Å². The summed E-state index contributed by atoms with van der Waals surface area (Å²) in [7, 11) is -3.67. The van der Waals surface area contributed by atoms with Crippen molar-refractivity contribution in [2.24, 2.45) is 0 Å². The first-order valence-corrected chi connectivity index (χ1v) is 9.53. The highest BCUT2D eigenvalue weighted by Gasteiger charge is 2.20. The highest BCUT2D eigenvalue weighted by Crippen LogP contribution is 2.23. The van der Waals surface area contributed by atoms with E-state index in [1.165, 1.54) is 24.3 Å². The zero-order chi connectivity index (χ0) is 20.3. The molecule has 28 heavy (non-hydrogen) atoms. The number of rotatable bonds is 6. The molecule has 10 heteroatoms. The van der Waals surface area contributed by atoms with Crippen molar-refractivity contribution < 1.29 is 26.9 Å². The van der Waals surface area contributed by atoms with Gasteiger partial charge in [0.2, 0.25) is 0 Å². The van der Waals surface area contributed by atoms with E-state index in [1.54, 1.807) is 18.2 Å². The van der Waals surface area contributed by atoms with E-state index in [9.17, 15) is 27.7 Å². The number of amides is 1. The maximum atomic E-state index is 13.8. The normalized spacial score (nSPS) is 11.2. The van der Waals surface area contributed by atoms with E-state index in [1.807, 2.05) is 0 Å². The Hall–Kier alpha value is -3.53. The summed E-state index contributed by atoms with van der Waals surface area (Å²) < 4.78 is 43.7. The fourth-order valence-corrected chi connectivity index (χ4v) is 3.65. The standard InChI is InChI=1S/C18H13FN2O6S/c19-15-8-6-12(21(23)24)10-16(15)20-18(22)17-9-7-13(27-17)11-28(25,26)14-4-2-1-3-5-14/h1-10H,11H2,(H,20,22). The molecule has 0 fully saturated rings. The lowest BCUT2D eigenvalue weighted by atomic mass is 10.2. The van der Waals surface area contributed by atoms with E-state index in [2.05, 4.69) is 5.32 Å². The number of sulfone groups is 1. The number of anilines is 1. The van der Waals surface area contributed by atoms with Gasteiger partial charge in [-0.1, -0.05) is 18.2 Å². The van der Waals surface area contributed by atoms with Crippen LogP contribution in [0.15, 0.2) is 70.0 Å². The van der Waals surface area contributed by atoms with Crippen molar-refractivity contribution in [1.29, 1.82) is 0 Å². The van der Waals surface area contributed by atoms with Gasteiger partial charge in [-0.25, -0.2) is 12.8 Å². The number of non-ortho nitro benzene ring substituents is 1. The largest absolute Gasteiger partial charge is 0.455 e. The predicted octanol–water partition coefficient (Wildman–Crippen LogP) is 3.55. The Morgan fingerprint density at radius 3 is 2.50 bits per heavy atom. The maximum absolute atomic E-state index is 13.8. The second-order valence-electron chi connectivity index (χ2n) is 5.71. The minimum atomic E-state index is -3.67. The van der Waals surface area contributed by atoms with Gasteiger partial charge in [0, 0.05) is 12.1 Å². The van der Waals surface area contributed by atoms with Gasteiger partial charge in [0.1, 0.15) is 17.3 Å². The molecule has 144 valence electrons. The Morgan fingerprint density at radius 2 is 1.82 bits per heavy atom. The van der Waals surface area contributed by atoms with Crippen LogP contribution in [0.25, 0.3) is 0 Å². The molecule has 0 bridgehead atoms. The zero-order valence-electron chi connectivity index (χ0n) is 14.2. The minimum absolute atomic E-state index is 0.0218. The molecule has 3 rings (SSSR count). The number of nitro benzene ring substituents is 1. The first-order chi connectivity index (χ1) is 13.3. The average Bonchev–Trinajstić information content (AvgIpc) is 3.12. The number of nitro groups is 1. The van der Waals surface area contributed by atoms with Crippen molar-refractivity contribution in [2.45, 2.75) is 10.6 Å². The molecule has 3 aromatic rings. The summed E-state index contributed by atoms with van der Waals surface area (Å²) in [6.45, 7) is 0. The first kappa shape index (κ1) is 19.2. The molecule has 0 radical (unpaired) electrons. The van der Waals surface area contributed by atoms with E-state index in [0.717, 1.165) is 18.2 Å². The minimum Gasteiger partial charge on any atom is -0.455 e. The number of nitrogens with one attached hydrogen (secondary N) is 1. The van der Waals surface area contributed by atoms with Crippen LogP contribution in [0.1, 0.15) is 16.3 Å². The highest BCUT2D eigenvalue weighted by molar-refractivity contribution is 7.90. The van der Waals surface area contributed by atoms with E-state index in [0.29, 0.717) is 0 Å². The monoisotopic (exact) mass is 404 g/mol. The van der Waals surface area contributed by atoms with Gasteiger partial charge < -0.3 is 9.73 Å². The quantitative estimate of drug-likeness (QED) is 0.496. The fraction of sp³-hybridized carbons (Fsp3) is 0.0556. The molecule has 0 aliphatic heterocycles. The molecule has 8 nitrogen and oxygen atoms in total. The molecule has 2 aromatic carbocycles. The number of nitrogens with zero attached hydrogens (tertiary/aromatic N) is 1. The van der Waals surface area contributed by atoms with E-state index in [-0.39, 0.29) is 16.4 Å². The molecule has 0 spiro atoms. The number of furan rings is 1. The summed E-state index contributed by atoms with van der Waals surface area (Å²) in [4.78, 5) is 22.4. The third-order valence-corrected chi connectivity index (χ3v) is 5.38. The maximum Gasteiger partial charge on any atom is 0.291 e. The van der Waals surface area contributed by atoms with Crippen LogP contribution in [0, 0.1) is 15.9 Å². The van der Waals surface area contributed by atoms with Crippen molar-refractivity contribution in [3.63, 3.8) is 0 Å². The van der Waals surface area contributed by atoms with Gasteiger partial charge in [-0.2, -0.15) is 0 Å². The lowest BCUT2D eigenvalue weighted by molar-refractivity contribution is -0.384. The van der Waals surface area contributed by atoms with Crippen LogP contribution in [0.2, 0.25) is 0 Å². The van der Waals surface area contributed by atoms with Crippen molar-refractivity contribution in [2.75, 3.05) is 5.32 Å². The summed E-state index contributed by atoms with van der Waals surface area (Å²) in [5.74, 6) is -2.44. The van der Waals surface area contributed by atoms with Gasteiger partial charge in [0.05, 0.1) is 15.5 Å². The number of hydrogen-bond acceptors (Lipinski definition) is 6. The second-order valence-corrected chi connectivity index (χ2v) is 7.70. The van der Waals surface area contributed by atoms with Crippen LogP contribution in [-0.4, -0.2) is 19.2 Å². The molecule has 0 aliphatic carbocycles. The van der Waals surface area contributed by atoms with Gasteiger partial charge >= 0.3 is 0 Å². The second kappa shape index (κ2) is 7.61. The Bertz CT molecular complexity index is 1140. The van der Waals surface area contributed by atoms with Crippen molar-refractivity contribution >= 4 is 27.1 Å². The smallest absolute Gasteiger partial charge is 0.291 e. The Balaban J connectivity index is 1.76. The molecular formula is C18H13FN2O6S. The third kappa shape index (κ3) is 4.23. The Labute approximate surface area is 158 Å². The molecule has 1 amide bonds. The molecule has 0 saturated carbocycles. The molecule has 1 aromatic heterocycles. The van der Waals surface area contributed by atoms with Crippen molar-refractivity contribution in [3.8, 4) is 0 Å². The third-order valence-electron chi connectivity index (χ3n) is 3.73. The Morgan fingerprint density at radius 1 is 1.11 bits per heavy atom. The van der Waals surface area contributed by atoms with Crippen LogP contribution >= 0.6 is 0 Å². The van der Waals surface area contributed by atoms with E-state index >= 15 is 0 Å². The van der Waals surface area contributed by atoms with Crippen molar-refractivity contribution in [1.82, 2.24) is 0 Å². The van der Waals surface area contributed by atoms with Gasteiger partial charge in [-0.15, -0.1) is 0 Å². The van der Waals surface area contributed by atoms with Gasteiger partial charge in [-0.3, -0.25) is 14.9 Å². The molecule has 0 atom stereocenters. The van der Waals surface area contributed by atoms with Gasteiger partial charge in [-0.05, 0) is 30.3 Å². The van der Waals surface area contributed by atoms with Crippen LogP contribution in [-0.2, 0) is 15.6 Å². The van der Waals surface area contributed by atoms with Gasteiger partial charge in [0.15, 0.2) is 15.6 Å². The van der Waals surface area contributed by atoms with Crippen LogP contribution in [0.4, 0.5) is 15.8 Å². The average molecular weight is 404 g/mol. The summed E-state index contributed by atoms with van der Waals surface area (Å²) in [6.07, 6.45) is 0. The number of halogens is 1. The lowest BCUT2D eigenvalue weighted by Gasteiger charge is -2.05. The van der Waals surface area contributed by atoms with E-state index in [4.69, 9.17) is 4.42 Å².